The second-order valence-corrected chi connectivity index (χ2v) is 8.16. The van der Waals surface area contributed by atoms with E-state index in [1.165, 1.54) is 29.6 Å². The van der Waals surface area contributed by atoms with Gasteiger partial charge in [0.2, 0.25) is 0 Å². The lowest BCUT2D eigenvalue weighted by atomic mass is 10.2. The number of nitrogens with one attached hydrogen (secondary N) is 2. The molecule has 0 fully saturated rings. The number of nitro groups is 1. The van der Waals surface area contributed by atoms with Gasteiger partial charge in [0, 0.05) is 23.1 Å². The summed E-state index contributed by atoms with van der Waals surface area (Å²) in [7, 11) is -3.91. The van der Waals surface area contributed by atoms with Crippen LogP contribution in [0.4, 0.5) is 16.5 Å². The van der Waals surface area contributed by atoms with Gasteiger partial charge in [0.05, 0.1) is 10.6 Å². The van der Waals surface area contributed by atoms with E-state index in [0.717, 1.165) is 16.9 Å². The SMILES string of the molecule is Cc1ccccc1NS(=O)(=O)c1csc(NC(=O)c2ccc([N+](=O)[O-])cc2)n1. The average Bonchev–Trinajstić information content (AvgIpc) is 3.13. The standard InChI is InChI=1S/C17H14N4O5S2/c1-11-4-2-3-5-14(11)20-28(25,26)15-10-27-17(18-15)19-16(22)12-6-8-13(9-7-12)21(23)24/h2-10,20H,1H3,(H,18,19,22). The molecule has 0 aliphatic heterocycles. The first-order chi connectivity index (χ1) is 13.3. The molecule has 2 aromatic carbocycles. The van der Waals surface area contributed by atoms with Crippen molar-refractivity contribution in [2.45, 2.75) is 11.9 Å². The molecule has 1 heterocycles. The van der Waals surface area contributed by atoms with Crippen LogP contribution in [-0.2, 0) is 10.0 Å². The number of nitro benzene ring substituents is 1. The molecule has 28 heavy (non-hydrogen) atoms. The van der Waals surface area contributed by atoms with E-state index < -0.39 is 20.9 Å². The van der Waals surface area contributed by atoms with Crippen LogP contribution in [0.15, 0.2) is 58.9 Å². The van der Waals surface area contributed by atoms with Gasteiger partial charge in [0.1, 0.15) is 0 Å². The summed E-state index contributed by atoms with van der Waals surface area (Å²) in [6, 6.07) is 11.9. The van der Waals surface area contributed by atoms with Crippen LogP contribution in [-0.4, -0.2) is 24.2 Å². The highest BCUT2D eigenvalue weighted by molar-refractivity contribution is 7.92. The van der Waals surface area contributed by atoms with Crippen LogP contribution in [0.2, 0.25) is 0 Å². The van der Waals surface area contributed by atoms with E-state index in [4.69, 9.17) is 0 Å². The van der Waals surface area contributed by atoms with Crippen molar-refractivity contribution in [2.24, 2.45) is 0 Å². The first-order valence-electron chi connectivity index (χ1n) is 7.86. The summed E-state index contributed by atoms with van der Waals surface area (Å²) < 4.78 is 27.4. The second-order valence-electron chi connectivity index (χ2n) is 5.67. The smallest absolute Gasteiger partial charge is 0.280 e. The molecule has 0 saturated heterocycles. The molecule has 9 nitrogen and oxygen atoms in total. The highest BCUT2D eigenvalue weighted by atomic mass is 32.2. The lowest BCUT2D eigenvalue weighted by molar-refractivity contribution is -0.384. The Bertz CT molecular complexity index is 1140. The van der Waals surface area contributed by atoms with Gasteiger partial charge in [0.15, 0.2) is 10.2 Å². The van der Waals surface area contributed by atoms with Crippen LogP contribution in [0.5, 0.6) is 0 Å². The molecule has 2 N–H and O–H groups in total. The van der Waals surface area contributed by atoms with Gasteiger partial charge in [-0.25, -0.2) is 4.98 Å². The zero-order valence-corrected chi connectivity index (χ0v) is 16.1. The Kier molecular flexibility index (Phi) is 5.38. The van der Waals surface area contributed by atoms with E-state index >= 15 is 0 Å². The third-order valence-corrected chi connectivity index (χ3v) is 5.86. The first-order valence-corrected chi connectivity index (χ1v) is 10.2. The summed E-state index contributed by atoms with van der Waals surface area (Å²) in [6.07, 6.45) is 0. The molecule has 144 valence electrons. The van der Waals surface area contributed by atoms with Gasteiger partial charge in [0.25, 0.3) is 21.6 Å². The minimum Gasteiger partial charge on any atom is -0.298 e. The van der Waals surface area contributed by atoms with Crippen molar-refractivity contribution in [3.05, 3.63) is 75.2 Å². The van der Waals surface area contributed by atoms with E-state index in [9.17, 15) is 23.3 Å². The molecule has 0 unspecified atom stereocenters. The number of thiazole rings is 1. The number of carbonyl (C=O) groups is 1. The van der Waals surface area contributed by atoms with Crippen molar-refractivity contribution in [1.29, 1.82) is 0 Å². The minimum atomic E-state index is -3.91. The maximum atomic E-state index is 12.5. The van der Waals surface area contributed by atoms with Crippen molar-refractivity contribution in [3.8, 4) is 0 Å². The third-order valence-electron chi connectivity index (χ3n) is 3.71. The molecule has 0 saturated carbocycles. The molecule has 11 heteroatoms. The molecule has 3 aromatic rings. The fourth-order valence-corrected chi connectivity index (χ4v) is 4.34. The predicted molar refractivity (Wildman–Crippen MR) is 105 cm³/mol. The maximum Gasteiger partial charge on any atom is 0.280 e. The number of para-hydroxylation sites is 1. The van der Waals surface area contributed by atoms with Gasteiger partial charge in [-0.2, -0.15) is 8.42 Å². The average molecular weight is 418 g/mol. The van der Waals surface area contributed by atoms with Crippen LogP contribution in [0.1, 0.15) is 15.9 Å². The van der Waals surface area contributed by atoms with E-state index in [2.05, 4.69) is 15.0 Å². The van der Waals surface area contributed by atoms with Crippen molar-refractivity contribution in [3.63, 3.8) is 0 Å². The lowest BCUT2D eigenvalue weighted by Crippen LogP contribution is -2.15. The molecule has 3 rings (SSSR count). The molecule has 0 aliphatic rings. The number of sulfonamides is 1. The van der Waals surface area contributed by atoms with Gasteiger partial charge < -0.3 is 0 Å². The highest BCUT2D eigenvalue weighted by Crippen LogP contribution is 2.23. The number of aromatic nitrogens is 1. The summed E-state index contributed by atoms with van der Waals surface area (Å²) in [4.78, 5) is 26.2. The Labute approximate surface area is 164 Å². The summed E-state index contributed by atoms with van der Waals surface area (Å²) in [5.74, 6) is -0.556. The molecule has 0 spiro atoms. The Morgan fingerprint density at radius 1 is 1.14 bits per heavy atom. The normalized spacial score (nSPS) is 11.0. The monoisotopic (exact) mass is 418 g/mol. The summed E-state index contributed by atoms with van der Waals surface area (Å²) >= 11 is 0.952. The number of rotatable bonds is 6. The number of hydrogen-bond donors (Lipinski definition) is 2. The molecule has 1 amide bonds. The summed E-state index contributed by atoms with van der Waals surface area (Å²) in [5.41, 5.74) is 1.24. The number of benzene rings is 2. The van der Waals surface area contributed by atoms with E-state index in [1.54, 1.807) is 31.2 Å². The van der Waals surface area contributed by atoms with Crippen LogP contribution >= 0.6 is 11.3 Å². The number of anilines is 2. The molecular weight excluding hydrogens is 404 g/mol. The molecule has 1 aromatic heterocycles. The Balaban J connectivity index is 1.73. The van der Waals surface area contributed by atoms with Crippen molar-refractivity contribution >= 4 is 43.8 Å². The van der Waals surface area contributed by atoms with Crippen molar-refractivity contribution in [2.75, 3.05) is 10.0 Å². The molecule has 0 aliphatic carbocycles. The Morgan fingerprint density at radius 2 is 1.82 bits per heavy atom. The van der Waals surface area contributed by atoms with Gasteiger partial charge in [-0.1, -0.05) is 18.2 Å². The number of aryl methyl sites for hydroxylation is 1. The quantitative estimate of drug-likeness (QED) is 0.466. The Morgan fingerprint density at radius 3 is 2.46 bits per heavy atom. The van der Waals surface area contributed by atoms with Crippen LogP contribution in [0, 0.1) is 17.0 Å². The van der Waals surface area contributed by atoms with Crippen molar-refractivity contribution in [1.82, 2.24) is 4.98 Å². The minimum absolute atomic E-state index is 0.0912. The maximum absolute atomic E-state index is 12.5. The molecule has 0 bridgehead atoms. The number of amides is 1. The lowest BCUT2D eigenvalue weighted by Gasteiger charge is -2.08. The molecular formula is C17H14N4O5S2. The summed E-state index contributed by atoms with van der Waals surface area (Å²) in [6.45, 7) is 1.77. The fourth-order valence-electron chi connectivity index (χ4n) is 2.23. The molecule has 0 atom stereocenters. The zero-order valence-electron chi connectivity index (χ0n) is 14.4. The van der Waals surface area contributed by atoms with Gasteiger partial charge in [-0.15, -0.1) is 11.3 Å². The van der Waals surface area contributed by atoms with Crippen LogP contribution in [0.25, 0.3) is 0 Å². The number of non-ortho nitro benzene ring substituents is 1. The number of nitrogens with zero attached hydrogens (tertiary/aromatic N) is 2. The van der Waals surface area contributed by atoms with Gasteiger partial charge in [-0.05, 0) is 30.7 Å². The zero-order chi connectivity index (χ0) is 20.3. The fraction of sp³-hybridized carbons (Fsp3) is 0.0588. The van der Waals surface area contributed by atoms with E-state index in [-0.39, 0.29) is 21.4 Å². The highest BCUT2D eigenvalue weighted by Gasteiger charge is 2.20. The van der Waals surface area contributed by atoms with Crippen LogP contribution < -0.4 is 10.0 Å². The largest absolute Gasteiger partial charge is 0.298 e. The topological polar surface area (TPSA) is 131 Å². The Hall–Kier alpha value is -3.31. The number of carbonyl (C=O) groups excluding carboxylic acids is 1. The van der Waals surface area contributed by atoms with Gasteiger partial charge >= 0.3 is 0 Å². The van der Waals surface area contributed by atoms with Crippen molar-refractivity contribution < 1.29 is 18.1 Å². The van der Waals surface area contributed by atoms with Crippen LogP contribution in [0.3, 0.4) is 0 Å². The van der Waals surface area contributed by atoms with E-state index in [0.29, 0.717) is 5.69 Å². The summed E-state index contributed by atoms with van der Waals surface area (Å²) in [5, 5.41) is 14.3. The van der Waals surface area contributed by atoms with Gasteiger partial charge in [-0.3, -0.25) is 24.9 Å². The molecule has 0 radical (unpaired) electrons. The second kappa shape index (κ2) is 7.74. The van der Waals surface area contributed by atoms with E-state index in [1.807, 2.05) is 0 Å². The number of hydrogen-bond acceptors (Lipinski definition) is 7. The predicted octanol–water partition coefficient (Wildman–Crippen LogP) is 3.41. The first kappa shape index (κ1) is 19.5. The third kappa shape index (κ3) is 4.32.